The van der Waals surface area contributed by atoms with Gasteiger partial charge in [0.2, 0.25) is 14.7 Å². The lowest BCUT2D eigenvalue weighted by Crippen LogP contribution is -2.14. The van der Waals surface area contributed by atoms with Gasteiger partial charge in [-0.25, -0.2) is 0 Å². The van der Waals surface area contributed by atoms with E-state index in [0.29, 0.717) is 18.7 Å². The number of hydrogen-bond donors (Lipinski definition) is 0. The van der Waals surface area contributed by atoms with Crippen LogP contribution in [0.15, 0.2) is 0 Å². The van der Waals surface area contributed by atoms with Crippen LogP contribution >= 0.6 is 14.7 Å². The van der Waals surface area contributed by atoms with Gasteiger partial charge in [-0.1, -0.05) is 0 Å². The SMILES string of the molecule is COP1(=O)CCCP(=O)(OC(C)C)C1. The molecule has 0 aliphatic carbocycles. The molecule has 4 nitrogen and oxygen atoms in total. The molecule has 84 valence electrons. The van der Waals surface area contributed by atoms with Gasteiger partial charge in [0.05, 0.1) is 6.10 Å². The Morgan fingerprint density at radius 3 is 2.21 bits per heavy atom. The summed E-state index contributed by atoms with van der Waals surface area (Å²) < 4.78 is 34.4. The van der Waals surface area contributed by atoms with E-state index in [2.05, 4.69) is 0 Å². The monoisotopic (exact) mass is 240 g/mol. The molecule has 1 aliphatic heterocycles. The minimum atomic E-state index is -2.70. The Hall–Kier alpha value is 0.380. The lowest BCUT2D eigenvalue weighted by molar-refractivity contribution is 0.243. The minimum absolute atomic E-state index is 0.0794. The molecule has 1 aliphatic rings. The van der Waals surface area contributed by atoms with Crippen LogP contribution in [-0.2, 0) is 18.2 Å². The van der Waals surface area contributed by atoms with Gasteiger partial charge in [-0.3, -0.25) is 9.13 Å². The summed E-state index contributed by atoms with van der Waals surface area (Å²) in [5.74, 6) is 0.120. The standard InChI is InChI=1S/C8H18O4P2/c1-8(2)12-14(10)6-4-5-13(9,7-14)11-3/h8H,4-7H2,1-3H3. The molecule has 0 aromatic rings. The van der Waals surface area contributed by atoms with Crippen LogP contribution in [-0.4, -0.2) is 31.4 Å². The van der Waals surface area contributed by atoms with E-state index in [1.54, 1.807) is 0 Å². The molecule has 0 spiro atoms. The maximum absolute atomic E-state index is 12.1. The molecule has 1 saturated heterocycles. The first-order valence-corrected chi connectivity index (χ1v) is 8.78. The highest BCUT2D eigenvalue weighted by Gasteiger charge is 2.39. The zero-order chi connectivity index (χ0) is 10.8. The average molecular weight is 240 g/mol. The Balaban J connectivity index is 2.72. The summed E-state index contributed by atoms with van der Waals surface area (Å²) in [6.07, 6.45) is 1.67. The van der Waals surface area contributed by atoms with Crippen LogP contribution in [0.25, 0.3) is 0 Å². The summed E-state index contributed by atoms with van der Waals surface area (Å²) >= 11 is 0. The second-order valence-electron chi connectivity index (χ2n) is 3.91. The van der Waals surface area contributed by atoms with Gasteiger partial charge < -0.3 is 9.05 Å². The molecule has 1 rings (SSSR count). The van der Waals surface area contributed by atoms with Gasteiger partial charge >= 0.3 is 0 Å². The van der Waals surface area contributed by atoms with E-state index in [4.69, 9.17) is 9.05 Å². The van der Waals surface area contributed by atoms with Gasteiger partial charge in [-0.15, -0.1) is 0 Å². The highest BCUT2D eigenvalue weighted by molar-refractivity contribution is 7.76. The van der Waals surface area contributed by atoms with Crippen LogP contribution in [0.4, 0.5) is 0 Å². The second kappa shape index (κ2) is 4.49. The topological polar surface area (TPSA) is 52.6 Å². The highest BCUT2D eigenvalue weighted by Crippen LogP contribution is 2.66. The van der Waals surface area contributed by atoms with Crippen molar-refractivity contribution in [2.24, 2.45) is 0 Å². The summed E-state index contributed by atoms with van der Waals surface area (Å²) in [5.41, 5.74) is 0. The highest BCUT2D eigenvalue weighted by atomic mass is 31.2. The summed E-state index contributed by atoms with van der Waals surface area (Å²) in [6.45, 7) is 3.68. The van der Waals surface area contributed by atoms with E-state index < -0.39 is 14.7 Å². The molecular formula is C8H18O4P2. The molecule has 0 saturated carbocycles. The molecule has 0 N–H and O–H groups in total. The first-order valence-electron chi connectivity index (χ1n) is 4.79. The second-order valence-corrected chi connectivity index (χ2v) is 9.77. The van der Waals surface area contributed by atoms with Crippen molar-refractivity contribution in [3.8, 4) is 0 Å². The van der Waals surface area contributed by atoms with Crippen molar-refractivity contribution in [3.05, 3.63) is 0 Å². The van der Waals surface area contributed by atoms with E-state index in [-0.39, 0.29) is 12.0 Å². The van der Waals surface area contributed by atoms with Gasteiger partial charge in [-0.2, -0.15) is 0 Å². The Kier molecular flexibility index (Phi) is 3.99. The van der Waals surface area contributed by atoms with Crippen molar-refractivity contribution in [2.75, 3.05) is 25.3 Å². The van der Waals surface area contributed by atoms with Crippen LogP contribution in [0, 0.1) is 0 Å². The van der Waals surface area contributed by atoms with Crippen molar-refractivity contribution in [2.45, 2.75) is 26.4 Å². The Bertz CT molecular complexity index is 287. The zero-order valence-corrected chi connectivity index (χ0v) is 10.7. The van der Waals surface area contributed by atoms with E-state index >= 15 is 0 Å². The third-order valence-corrected chi connectivity index (χ3v) is 9.08. The largest absolute Gasteiger partial charge is 0.331 e. The Labute approximate surface area is 85.3 Å². The van der Waals surface area contributed by atoms with Crippen LogP contribution in [0.2, 0.25) is 0 Å². The van der Waals surface area contributed by atoms with Crippen molar-refractivity contribution < 1.29 is 18.2 Å². The lowest BCUT2D eigenvalue weighted by Gasteiger charge is -2.29. The normalized spacial score (nSPS) is 38.9. The van der Waals surface area contributed by atoms with Crippen molar-refractivity contribution in [1.82, 2.24) is 0 Å². The molecule has 2 unspecified atom stereocenters. The van der Waals surface area contributed by atoms with E-state index in [0.717, 1.165) is 0 Å². The molecule has 6 heteroatoms. The fourth-order valence-corrected chi connectivity index (χ4v) is 8.71. The Morgan fingerprint density at radius 2 is 1.71 bits per heavy atom. The molecule has 0 aromatic heterocycles. The smallest absolute Gasteiger partial charge is 0.212 e. The summed E-state index contributed by atoms with van der Waals surface area (Å²) in [4.78, 5) is 0. The molecule has 2 atom stereocenters. The summed E-state index contributed by atoms with van der Waals surface area (Å²) in [5, 5.41) is 0. The quantitative estimate of drug-likeness (QED) is 0.711. The number of rotatable bonds is 3. The van der Waals surface area contributed by atoms with E-state index in [9.17, 15) is 9.13 Å². The molecule has 14 heavy (non-hydrogen) atoms. The fraction of sp³-hybridized carbons (Fsp3) is 1.00. The third kappa shape index (κ3) is 3.20. The van der Waals surface area contributed by atoms with Crippen LogP contribution in [0.5, 0.6) is 0 Å². The molecule has 1 heterocycles. The van der Waals surface area contributed by atoms with Gasteiger partial charge in [0, 0.05) is 19.4 Å². The van der Waals surface area contributed by atoms with E-state index in [1.165, 1.54) is 7.11 Å². The van der Waals surface area contributed by atoms with Gasteiger partial charge in [0.1, 0.15) is 5.90 Å². The fourth-order valence-electron chi connectivity index (χ4n) is 1.64. The summed E-state index contributed by atoms with van der Waals surface area (Å²) in [6, 6.07) is 0. The van der Waals surface area contributed by atoms with Crippen molar-refractivity contribution in [1.29, 1.82) is 0 Å². The summed E-state index contributed by atoms with van der Waals surface area (Å²) in [7, 11) is -3.93. The molecular weight excluding hydrogens is 222 g/mol. The van der Waals surface area contributed by atoms with E-state index in [1.807, 2.05) is 13.8 Å². The molecule has 0 aromatic carbocycles. The first kappa shape index (κ1) is 12.4. The predicted octanol–water partition coefficient (Wildman–Crippen LogP) is 2.98. The maximum atomic E-state index is 12.1. The predicted molar refractivity (Wildman–Crippen MR) is 57.7 cm³/mol. The average Bonchev–Trinajstić information content (AvgIpc) is 2.01. The number of hydrogen-bond acceptors (Lipinski definition) is 4. The first-order chi connectivity index (χ1) is 6.39. The Morgan fingerprint density at radius 1 is 1.14 bits per heavy atom. The maximum Gasteiger partial charge on any atom is 0.212 e. The van der Waals surface area contributed by atoms with Gasteiger partial charge in [-0.05, 0) is 20.3 Å². The van der Waals surface area contributed by atoms with Crippen molar-refractivity contribution in [3.63, 3.8) is 0 Å². The molecule has 1 fully saturated rings. The molecule has 0 amide bonds. The van der Waals surface area contributed by atoms with Gasteiger partial charge in [0.15, 0.2) is 0 Å². The van der Waals surface area contributed by atoms with Crippen LogP contribution in [0.3, 0.4) is 0 Å². The van der Waals surface area contributed by atoms with Crippen LogP contribution in [0.1, 0.15) is 20.3 Å². The molecule has 0 bridgehead atoms. The minimum Gasteiger partial charge on any atom is -0.331 e. The third-order valence-electron chi connectivity index (χ3n) is 2.16. The molecule has 0 radical (unpaired) electrons. The van der Waals surface area contributed by atoms with Crippen LogP contribution < -0.4 is 0 Å². The lowest BCUT2D eigenvalue weighted by atomic mass is 10.5. The van der Waals surface area contributed by atoms with Crippen molar-refractivity contribution >= 4 is 14.7 Å². The zero-order valence-electron chi connectivity index (χ0n) is 8.93. The van der Waals surface area contributed by atoms with Gasteiger partial charge in [0.25, 0.3) is 0 Å².